The van der Waals surface area contributed by atoms with Gasteiger partial charge in [-0.05, 0) is 18.2 Å². The van der Waals surface area contributed by atoms with Gasteiger partial charge in [-0.2, -0.15) is 11.8 Å². The molecular weight excluding hydrogens is 186 g/mol. The van der Waals surface area contributed by atoms with E-state index in [1.165, 1.54) is 0 Å². The van der Waals surface area contributed by atoms with Crippen molar-refractivity contribution >= 4 is 11.8 Å². The molecule has 0 rings (SSSR count). The van der Waals surface area contributed by atoms with Gasteiger partial charge in [0.1, 0.15) is 0 Å². The SMILES string of the molecule is COCCOCCSCC(C)CN. The number of methoxy groups -OCH3 is 1. The summed E-state index contributed by atoms with van der Waals surface area (Å²) in [4.78, 5) is 0. The summed E-state index contributed by atoms with van der Waals surface area (Å²) in [6.45, 7) is 5.13. The molecule has 0 heterocycles. The maximum absolute atomic E-state index is 5.49. The van der Waals surface area contributed by atoms with E-state index in [1.807, 2.05) is 11.8 Å². The molecule has 2 N–H and O–H groups in total. The van der Waals surface area contributed by atoms with Crippen LogP contribution in [0.5, 0.6) is 0 Å². The molecule has 0 aromatic rings. The molecule has 0 aromatic heterocycles. The van der Waals surface area contributed by atoms with Crippen LogP contribution in [0.2, 0.25) is 0 Å². The van der Waals surface area contributed by atoms with Crippen LogP contribution in [-0.4, -0.2) is 45.0 Å². The van der Waals surface area contributed by atoms with Crippen molar-refractivity contribution in [2.24, 2.45) is 11.7 Å². The van der Waals surface area contributed by atoms with Gasteiger partial charge in [0.2, 0.25) is 0 Å². The predicted octanol–water partition coefficient (Wildman–Crippen LogP) is 0.977. The van der Waals surface area contributed by atoms with Gasteiger partial charge in [-0.1, -0.05) is 6.92 Å². The van der Waals surface area contributed by atoms with Gasteiger partial charge in [-0.15, -0.1) is 0 Å². The van der Waals surface area contributed by atoms with E-state index in [2.05, 4.69) is 6.92 Å². The summed E-state index contributed by atoms with van der Waals surface area (Å²) in [5.74, 6) is 2.79. The van der Waals surface area contributed by atoms with Crippen molar-refractivity contribution < 1.29 is 9.47 Å². The topological polar surface area (TPSA) is 44.5 Å². The first-order chi connectivity index (χ1) is 6.31. The van der Waals surface area contributed by atoms with Gasteiger partial charge in [0.25, 0.3) is 0 Å². The zero-order valence-corrected chi connectivity index (χ0v) is 9.44. The lowest BCUT2D eigenvalue weighted by Gasteiger charge is -2.07. The monoisotopic (exact) mass is 207 g/mol. The molecule has 80 valence electrons. The fourth-order valence-corrected chi connectivity index (χ4v) is 1.66. The molecule has 0 spiro atoms. The average molecular weight is 207 g/mol. The lowest BCUT2D eigenvalue weighted by atomic mass is 10.2. The molecule has 1 atom stereocenters. The number of thioether (sulfide) groups is 1. The molecule has 0 fully saturated rings. The fourth-order valence-electron chi connectivity index (χ4n) is 0.715. The fraction of sp³-hybridized carbons (Fsp3) is 1.00. The van der Waals surface area contributed by atoms with Crippen LogP contribution in [0.1, 0.15) is 6.92 Å². The first-order valence-corrected chi connectivity index (χ1v) is 5.81. The minimum atomic E-state index is 0.615. The third kappa shape index (κ3) is 10.1. The minimum Gasteiger partial charge on any atom is -0.382 e. The second-order valence-electron chi connectivity index (χ2n) is 3.02. The molecule has 0 radical (unpaired) electrons. The first-order valence-electron chi connectivity index (χ1n) is 4.65. The van der Waals surface area contributed by atoms with Crippen LogP contribution in [0.3, 0.4) is 0 Å². The Labute approximate surface area is 85.3 Å². The zero-order valence-electron chi connectivity index (χ0n) is 8.62. The van der Waals surface area contributed by atoms with Crippen LogP contribution in [0, 0.1) is 5.92 Å². The van der Waals surface area contributed by atoms with Gasteiger partial charge < -0.3 is 15.2 Å². The minimum absolute atomic E-state index is 0.615. The van der Waals surface area contributed by atoms with Crippen molar-refractivity contribution in [1.82, 2.24) is 0 Å². The third-order valence-corrected chi connectivity index (χ3v) is 2.87. The van der Waals surface area contributed by atoms with E-state index >= 15 is 0 Å². The maximum atomic E-state index is 5.49. The Hall–Kier alpha value is 0.230. The van der Waals surface area contributed by atoms with Crippen LogP contribution in [-0.2, 0) is 9.47 Å². The van der Waals surface area contributed by atoms with Crippen molar-refractivity contribution in [2.75, 3.05) is 45.0 Å². The van der Waals surface area contributed by atoms with Crippen molar-refractivity contribution in [2.45, 2.75) is 6.92 Å². The summed E-state index contributed by atoms with van der Waals surface area (Å²) in [7, 11) is 1.68. The van der Waals surface area contributed by atoms with E-state index in [0.29, 0.717) is 19.1 Å². The number of rotatable bonds is 9. The van der Waals surface area contributed by atoms with E-state index in [9.17, 15) is 0 Å². The number of hydrogen-bond donors (Lipinski definition) is 1. The highest BCUT2D eigenvalue weighted by atomic mass is 32.2. The maximum Gasteiger partial charge on any atom is 0.0700 e. The van der Waals surface area contributed by atoms with Crippen LogP contribution in [0.25, 0.3) is 0 Å². The molecule has 0 aliphatic carbocycles. The summed E-state index contributed by atoms with van der Waals surface area (Å²) < 4.78 is 10.2. The molecule has 3 nitrogen and oxygen atoms in total. The molecule has 0 saturated heterocycles. The smallest absolute Gasteiger partial charge is 0.0700 e. The standard InChI is InChI=1S/C9H21NO2S/c1-9(7-10)8-13-6-5-12-4-3-11-2/h9H,3-8,10H2,1-2H3. The Bertz CT molecular complexity index is 104. The molecule has 1 unspecified atom stereocenters. The summed E-state index contributed by atoms with van der Waals surface area (Å²) >= 11 is 1.90. The molecule has 0 bridgehead atoms. The van der Waals surface area contributed by atoms with E-state index in [-0.39, 0.29) is 0 Å². The number of hydrogen-bond acceptors (Lipinski definition) is 4. The van der Waals surface area contributed by atoms with Gasteiger partial charge in [0.15, 0.2) is 0 Å². The summed E-state index contributed by atoms with van der Waals surface area (Å²) in [5, 5.41) is 0. The molecule has 0 aromatic carbocycles. The van der Waals surface area contributed by atoms with Gasteiger partial charge in [-0.3, -0.25) is 0 Å². The van der Waals surface area contributed by atoms with Gasteiger partial charge in [0, 0.05) is 12.9 Å². The summed E-state index contributed by atoms with van der Waals surface area (Å²) in [6, 6.07) is 0. The van der Waals surface area contributed by atoms with Crippen LogP contribution >= 0.6 is 11.8 Å². The van der Waals surface area contributed by atoms with E-state index in [1.54, 1.807) is 7.11 Å². The normalized spacial score (nSPS) is 13.2. The van der Waals surface area contributed by atoms with E-state index in [0.717, 1.165) is 24.7 Å². The van der Waals surface area contributed by atoms with Gasteiger partial charge in [0.05, 0.1) is 19.8 Å². The molecule has 13 heavy (non-hydrogen) atoms. The number of nitrogens with two attached hydrogens (primary N) is 1. The second kappa shape index (κ2) is 10.3. The van der Waals surface area contributed by atoms with Crippen molar-refractivity contribution in [1.29, 1.82) is 0 Å². The van der Waals surface area contributed by atoms with Crippen molar-refractivity contribution in [3.8, 4) is 0 Å². The Morgan fingerprint density at radius 3 is 2.69 bits per heavy atom. The molecule has 0 aliphatic rings. The van der Waals surface area contributed by atoms with E-state index in [4.69, 9.17) is 15.2 Å². The summed E-state index contributed by atoms with van der Waals surface area (Å²) in [5.41, 5.74) is 5.49. The molecule has 0 saturated carbocycles. The Morgan fingerprint density at radius 2 is 2.08 bits per heavy atom. The molecular formula is C9H21NO2S. The molecule has 4 heteroatoms. The zero-order chi connectivity index (χ0) is 9.94. The van der Waals surface area contributed by atoms with Crippen LogP contribution in [0.4, 0.5) is 0 Å². The second-order valence-corrected chi connectivity index (χ2v) is 4.17. The van der Waals surface area contributed by atoms with Crippen LogP contribution in [0.15, 0.2) is 0 Å². The lowest BCUT2D eigenvalue weighted by Crippen LogP contribution is -2.13. The highest BCUT2D eigenvalue weighted by Crippen LogP contribution is 2.06. The molecule has 0 aliphatic heterocycles. The Balaban J connectivity index is 2.91. The third-order valence-electron chi connectivity index (χ3n) is 1.61. The largest absolute Gasteiger partial charge is 0.382 e. The summed E-state index contributed by atoms with van der Waals surface area (Å²) in [6.07, 6.45) is 0. The first kappa shape index (κ1) is 13.2. The Kier molecular flexibility index (Phi) is 10.5. The van der Waals surface area contributed by atoms with Crippen molar-refractivity contribution in [3.05, 3.63) is 0 Å². The highest BCUT2D eigenvalue weighted by molar-refractivity contribution is 7.99. The number of ether oxygens (including phenoxy) is 2. The quantitative estimate of drug-likeness (QED) is 0.572. The Morgan fingerprint density at radius 1 is 1.31 bits per heavy atom. The highest BCUT2D eigenvalue weighted by Gasteiger charge is 1.98. The average Bonchev–Trinajstić information content (AvgIpc) is 2.16. The van der Waals surface area contributed by atoms with Gasteiger partial charge >= 0.3 is 0 Å². The lowest BCUT2D eigenvalue weighted by molar-refractivity contribution is 0.0790. The van der Waals surface area contributed by atoms with E-state index < -0.39 is 0 Å². The van der Waals surface area contributed by atoms with Crippen molar-refractivity contribution in [3.63, 3.8) is 0 Å². The van der Waals surface area contributed by atoms with Gasteiger partial charge in [-0.25, -0.2) is 0 Å². The molecule has 0 amide bonds. The van der Waals surface area contributed by atoms with Crippen LogP contribution < -0.4 is 5.73 Å². The predicted molar refractivity (Wildman–Crippen MR) is 58.2 cm³/mol.